The largest absolute Gasteiger partial charge is 0.245 e. The highest BCUT2D eigenvalue weighted by Gasteiger charge is 2.37. The average molecular weight is 344 g/mol. The Morgan fingerprint density at radius 1 is 1.43 bits per heavy atom. The van der Waals surface area contributed by atoms with Gasteiger partial charge in [0.05, 0.1) is 6.04 Å². The second-order valence-corrected chi connectivity index (χ2v) is 8.07. The minimum atomic E-state index is -3.62. The first-order valence-electron chi connectivity index (χ1n) is 6.51. The van der Waals surface area contributed by atoms with Crippen LogP contribution in [0.25, 0.3) is 0 Å². The molecule has 1 atom stereocenters. The lowest BCUT2D eigenvalue weighted by Gasteiger charge is -2.16. The molecule has 1 aliphatic rings. The summed E-state index contributed by atoms with van der Waals surface area (Å²) in [5.74, 6) is 0.325. The van der Waals surface area contributed by atoms with Crippen LogP contribution in [0.2, 0.25) is 5.15 Å². The maximum atomic E-state index is 12.4. The molecule has 1 fully saturated rings. The number of rotatable bonds is 5. The zero-order chi connectivity index (χ0) is 15.0. The van der Waals surface area contributed by atoms with Crippen molar-refractivity contribution in [3.63, 3.8) is 0 Å². The molecule has 0 aliphatic heterocycles. The summed E-state index contributed by atoms with van der Waals surface area (Å²) in [6.45, 7) is 1.90. The molecule has 21 heavy (non-hydrogen) atoms. The third-order valence-corrected chi connectivity index (χ3v) is 5.98. The minimum Gasteiger partial charge on any atom is -0.245 e. The standard InChI is InChI=1S/C13H14ClN3O2S2/c1-8-7-20-13(16-8)12(9-2-3-9)17-21(18,19)10-4-5-11(14)15-6-10/h4-7,9,12,17H,2-3H2,1H3/t12-/m1/s1. The van der Waals surface area contributed by atoms with Crippen molar-refractivity contribution in [3.05, 3.63) is 39.6 Å². The van der Waals surface area contributed by atoms with Crippen LogP contribution in [0.15, 0.2) is 28.6 Å². The van der Waals surface area contributed by atoms with Gasteiger partial charge in [0.25, 0.3) is 0 Å². The zero-order valence-electron chi connectivity index (χ0n) is 11.3. The van der Waals surface area contributed by atoms with Gasteiger partial charge in [-0.1, -0.05) is 11.6 Å². The van der Waals surface area contributed by atoms with Crippen molar-refractivity contribution in [2.45, 2.75) is 30.7 Å². The number of pyridine rings is 1. The van der Waals surface area contributed by atoms with Crippen LogP contribution < -0.4 is 4.72 Å². The Hall–Kier alpha value is -1.02. The first-order chi connectivity index (χ1) is 9.95. The maximum absolute atomic E-state index is 12.4. The highest BCUT2D eigenvalue weighted by Crippen LogP contribution is 2.42. The van der Waals surface area contributed by atoms with Crippen LogP contribution >= 0.6 is 22.9 Å². The zero-order valence-corrected chi connectivity index (χ0v) is 13.7. The molecule has 8 heteroatoms. The lowest BCUT2D eigenvalue weighted by atomic mass is 10.2. The summed E-state index contributed by atoms with van der Waals surface area (Å²) in [4.78, 5) is 8.36. The average Bonchev–Trinajstić information content (AvgIpc) is 3.19. The van der Waals surface area contributed by atoms with Gasteiger partial charge in [-0.3, -0.25) is 0 Å². The minimum absolute atomic E-state index is 0.117. The molecular weight excluding hydrogens is 330 g/mol. The number of aryl methyl sites for hydroxylation is 1. The maximum Gasteiger partial charge on any atom is 0.242 e. The summed E-state index contributed by atoms with van der Waals surface area (Å²) in [7, 11) is -3.62. The molecule has 2 aromatic rings. The van der Waals surface area contributed by atoms with E-state index in [4.69, 9.17) is 11.6 Å². The van der Waals surface area contributed by atoms with Crippen LogP contribution in [-0.4, -0.2) is 18.4 Å². The van der Waals surface area contributed by atoms with Gasteiger partial charge in [-0.2, -0.15) is 0 Å². The van der Waals surface area contributed by atoms with Crippen LogP contribution in [0.5, 0.6) is 0 Å². The predicted octanol–water partition coefficient (Wildman–Crippen LogP) is 2.93. The van der Waals surface area contributed by atoms with Gasteiger partial charge in [0.15, 0.2) is 0 Å². The van der Waals surface area contributed by atoms with Gasteiger partial charge < -0.3 is 0 Å². The summed E-state index contributed by atoms with van der Waals surface area (Å²) in [5.41, 5.74) is 0.910. The molecule has 0 spiro atoms. The van der Waals surface area contributed by atoms with E-state index in [1.807, 2.05) is 12.3 Å². The second-order valence-electron chi connectivity index (χ2n) is 5.08. The third-order valence-electron chi connectivity index (χ3n) is 3.29. The van der Waals surface area contributed by atoms with Crippen molar-refractivity contribution >= 4 is 33.0 Å². The molecule has 1 N–H and O–H groups in total. The monoisotopic (exact) mass is 343 g/mol. The van der Waals surface area contributed by atoms with E-state index in [0.29, 0.717) is 5.92 Å². The SMILES string of the molecule is Cc1csc([C@H](NS(=O)(=O)c2ccc(Cl)nc2)C2CC2)n1. The fraction of sp³-hybridized carbons (Fsp3) is 0.385. The Balaban J connectivity index is 1.87. The highest BCUT2D eigenvalue weighted by atomic mass is 35.5. The Kier molecular flexibility index (Phi) is 4.00. The van der Waals surface area contributed by atoms with Gasteiger partial charge in [-0.25, -0.2) is 23.1 Å². The number of aromatic nitrogens is 2. The highest BCUT2D eigenvalue weighted by molar-refractivity contribution is 7.89. The summed E-state index contributed by atoms with van der Waals surface area (Å²) in [5, 5.41) is 3.02. The smallest absolute Gasteiger partial charge is 0.242 e. The van der Waals surface area contributed by atoms with E-state index in [-0.39, 0.29) is 16.1 Å². The Bertz CT molecular complexity index is 739. The van der Waals surface area contributed by atoms with E-state index in [1.54, 1.807) is 0 Å². The number of thiazole rings is 1. The van der Waals surface area contributed by atoms with Crippen molar-refractivity contribution in [1.82, 2.24) is 14.7 Å². The normalized spacial score (nSPS) is 16.9. The molecule has 112 valence electrons. The van der Waals surface area contributed by atoms with Crippen LogP contribution in [0.3, 0.4) is 0 Å². The fourth-order valence-corrected chi connectivity index (χ4v) is 4.39. The second kappa shape index (κ2) is 5.64. The van der Waals surface area contributed by atoms with Gasteiger partial charge >= 0.3 is 0 Å². The molecule has 1 aliphatic carbocycles. The number of halogens is 1. The Labute approximate surface area is 132 Å². The number of nitrogens with one attached hydrogen (secondary N) is 1. The predicted molar refractivity (Wildman–Crippen MR) is 81.9 cm³/mol. The van der Waals surface area contributed by atoms with E-state index in [1.165, 1.54) is 29.7 Å². The van der Waals surface area contributed by atoms with Crippen molar-refractivity contribution < 1.29 is 8.42 Å². The molecule has 0 saturated heterocycles. The van der Waals surface area contributed by atoms with Crippen molar-refractivity contribution in [1.29, 1.82) is 0 Å². The number of nitrogens with zero attached hydrogens (tertiary/aromatic N) is 2. The molecule has 0 radical (unpaired) electrons. The topological polar surface area (TPSA) is 72.0 Å². The van der Waals surface area contributed by atoms with Crippen LogP contribution in [-0.2, 0) is 10.0 Å². The lowest BCUT2D eigenvalue weighted by Crippen LogP contribution is -2.30. The van der Waals surface area contributed by atoms with Crippen molar-refractivity contribution in [3.8, 4) is 0 Å². The number of hydrogen-bond donors (Lipinski definition) is 1. The fourth-order valence-electron chi connectivity index (χ4n) is 2.05. The summed E-state index contributed by atoms with van der Waals surface area (Å²) >= 11 is 7.18. The number of hydrogen-bond acceptors (Lipinski definition) is 5. The van der Waals surface area contributed by atoms with E-state index in [9.17, 15) is 8.42 Å². The Morgan fingerprint density at radius 2 is 2.19 bits per heavy atom. The van der Waals surface area contributed by atoms with E-state index < -0.39 is 10.0 Å². The van der Waals surface area contributed by atoms with Gasteiger partial charge in [0.2, 0.25) is 10.0 Å². The molecule has 3 rings (SSSR count). The molecule has 2 heterocycles. The molecule has 0 amide bonds. The summed E-state index contributed by atoms with van der Waals surface area (Å²) in [6, 6.07) is 2.66. The van der Waals surface area contributed by atoms with E-state index >= 15 is 0 Å². The summed E-state index contributed by atoms with van der Waals surface area (Å²) < 4.78 is 27.7. The quantitative estimate of drug-likeness (QED) is 0.847. The van der Waals surface area contributed by atoms with Gasteiger partial charge in [-0.15, -0.1) is 11.3 Å². The van der Waals surface area contributed by atoms with Gasteiger partial charge in [-0.05, 0) is 37.8 Å². The molecule has 0 bridgehead atoms. The third kappa shape index (κ3) is 3.42. The van der Waals surface area contributed by atoms with Gasteiger partial charge in [0.1, 0.15) is 15.1 Å². The molecule has 0 aromatic carbocycles. The van der Waals surface area contributed by atoms with Crippen LogP contribution in [0, 0.1) is 12.8 Å². The molecule has 1 saturated carbocycles. The van der Waals surface area contributed by atoms with Crippen LogP contribution in [0.1, 0.15) is 29.6 Å². The van der Waals surface area contributed by atoms with Crippen molar-refractivity contribution in [2.24, 2.45) is 5.92 Å². The van der Waals surface area contributed by atoms with Crippen molar-refractivity contribution in [2.75, 3.05) is 0 Å². The Morgan fingerprint density at radius 3 is 2.71 bits per heavy atom. The molecule has 2 aromatic heterocycles. The summed E-state index contributed by atoms with van der Waals surface area (Å²) in [6.07, 6.45) is 3.30. The molecule has 5 nitrogen and oxygen atoms in total. The molecule has 0 unspecified atom stereocenters. The first kappa shape index (κ1) is 14.9. The lowest BCUT2D eigenvalue weighted by molar-refractivity contribution is 0.527. The van der Waals surface area contributed by atoms with E-state index in [2.05, 4.69) is 14.7 Å². The van der Waals surface area contributed by atoms with Crippen LogP contribution in [0.4, 0.5) is 0 Å². The first-order valence-corrected chi connectivity index (χ1v) is 9.26. The number of sulfonamides is 1. The van der Waals surface area contributed by atoms with Gasteiger partial charge in [0, 0.05) is 17.3 Å². The molecular formula is C13H14ClN3O2S2. The van der Waals surface area contributed by atoms with E-state index in [0.717, 1.165) is 23.5 Å².